The first-order chi connectivity index (χ1) is 12.1. The van der Waals surface area contributed by atoms with Crippen molar-refractivity contribution in [3.8, 4) is 11.6 Å². The topological polar surface area (TPSA) is 81.9 Å². The molecule has 1 saturated heterocycles. The van der Waals surface area contributed by atoms with Crippen molar-refractivity contribution in [3.05, 3.63) is 48.1 Å². The highest BCUT2D eigenvalue weighted by molar-refractivity contribution is 5.44. The van der Waals surface area contributed by atoms with E-state index in [1.54, 1.807) is 17.2 Å². The first kappa shape index (κ1) is 15.5. The quantitative estimate of drug-likeness (QED) is 0.720. The van der Waals surface area contributed by atoms with Gasteiger partial charge in [0.1, 0.15) is 18.5 Å². The van der Waals surface area contributed by atoms with Gasteiger partial charge < -0.3 is 9.64 Å². The third-order valence-electron chi connectivity index (χ3n) is 4.35. The molecule has 25 heavy (non-hydrogen) atoms. The largest absolute Gasteiger partial charge is 0.436 e. The fraction of sp³-hybridized carbons (Fsp3) is 0.353. The summed E-state index contributed by atoms with van der Waals surface area (Å²) in [7, 11) is 1.88. The van der Waals surface area contributed by atoms with Crippen LogP contribution in [0.1, 0.15) is 23.0 Å². The van der Waals surface area contributed by atoms with Crippen LogP contribution >= 0.6 is 0 Å². The predicted octanol–water partition coefficient (Wildman–Crippen LogP) is 2.01. The zero-order chi connectivity index (χ0) is 17.4. The number of hydrogen-bond donors (Lipinski definition) is 0. The molecule has 0 N–H and O–H groups in total. The van der Waals surface area contributed by atoms with Crippen LogP contribution in [0.5, 0.6) is 11.6 Å². The molecule has 0 radical (unpaired) electrons. The normalized spacial score (nSPS) is 14.4. The molecular weight excluding hydrogens is 318 g/mol. The van der Waals surface area contributed by atoms with Crippen LogP contribution in [0.4, 0.5) is 5.82 Å². The smallest absolute Gasteiger partial charge is 0.217 e. The Morgan fingerprint density at radius 2 is 1.92 bits per heavy atom. The molecule has 128 valence electrons. The van der Waals surface area contributed by atoms with Gasteiger partial charge in [0, 0.05) is 43.9 Å². The lowest BCUT2D eigenvalue weighted by atomic mass is 9.96. The zero-order valence-electron chi connectivity index (χ0n) is 14.4. The van der Waals surface area contributed by atoms with Gasteiger partial charge in [-0.25, -0.2) is 24.6 Å². The van der Waals surface area contributed by atoms with Gasteiger partial charge in [0.15, 0.2) is 5.75 Å². The maximum atomic E-state index is 5.91. The second-order valence-corrected chi connectivity index (χ2v) is 6.23. The Bertz CT molecular complexity index is 902. The summed E-state index contributed by atoms with van der Waals surface area (Å²) < 4.78 is 7.66. The molecule has 0 aliphatic carbocycles. The van der Waals surface area contributed by atoms with Gasteiger partial charge in [0.25, 0.3) is 0 Å². The number of aromatic nitrogens is 6. The summed E-state index contributed by atoms with van der Waals surface area (Å²) in [5.74, 6) is 2.66. The zero-order valence-corrected chi connectivity index (χ0v) is 14.4. The minimum absolute atomic E-state index is 0.368. The van der Waals surface area contributed by atoms with E-state index in [0.717, 1.165) is 36.0 Å². The van der Waals surface area contributed by atoms with E-state index in [0.29, 0.717) is 17.5 Å². The molecule has 8 heteroatoms. The highest BCUT2D eigenvalue weighted by atomic mass is 16.5. The Labute approximate surface area is 145 Å². The Morgan fingerprint density at radius 1 is 1.08 bits per heavy atom. The number of nitrogens with zero attached hydrogens (tertiary/aromatic N) is 7. The molecule has 4 rings (SSSR count). The summed E-state index contributed by atoms with van der Waals surface area (Å²) in [4.78, 5) is 18.8. The summed E-state index contributed by atoms with van der Waals surface area (Å²) in [5.41, 5.74) is 2.79. The molecular formula is C17H19N7O. The van der Waals surface area contributed by atoms with Gasteiger partial charge in [0.05, 0.1) is 17.6 Å². The third-order valence-corrected chi connectivity index (χ3v) is 4.35. The van der Waals surface area contributed by atoms with E-state index in [9.17, 15) is 0 Å². The molecule has 1 aliphatic rings. The summed E-state index contributed by atoms with van der Waals surface area (Å²) in [6, 6.07) is 3.99. The van der Waals surface area contributed by atoms with E-state index in [-0.39, 0.29) is 0 Å². The minimum atomic E-state index is 0.368. The summed E-state index contributed by atoms with van der Waals surface area (Å²) in [5, 5.41) is 4.60. The van der Waals surface area contributed by atoms with Crippen LogP contribution in [0.3, 0.4) is 0 Å². The van der Waals surface area contributed by atoms with Crippen molar-refractivity contribution in [1.29, 1.82) is 0 Å². The van der Waals surface area contributed by atoms with E-state index in [2.05, 4.69) is 29.9 Å². The lowest BCUT2D eigenvalue weighted by molar-refractivity contribution is 0.422. The maximum absolute atomic E-state index is 5.91. The van der Waals surface area contributed by atoms with Gasteiger partial charge in [-0.3, -0.25) is 0 Å². The van der Waals surface area contributed by atoms with E-state index in [1.807, 2.05) is 33.0 Å². The molecule has 0 saturated carbocycles. The van der Waals surface area contributed by atoms with Crippen molar-refractivity contribution < 1.29 is 4.74 Å². The second kappa shape index (κ2) is 6.12. The molecule has 3 aromatic rings. The van der Waals surface area contributed by atoms with Gasteiger partial charge in [-0.05, 0) is 13.8 Å². The lowest BCUT2D eigenvalue weighted by Crippen LogP contribution is -2.45. The van der Waals surface area contributed by atoms with Crippen LogP contribution in [0.25, 0.3) is 0 Å². The first-order valence-electron chi connectivity index (χ1n) is 8.12. The van der Waals surface area contributed by atoms with Crippen molar-refractivity contribution in [1.82, 2.24) is 29.7 Å². The van der Waals surface area contributed by atoms with Crippen LogP contribution in [-0.2, 0) is 7.05 Å². The van der Waals surface area contributed by atoms with Crippen molar-refractivity contribution in [2.24, 2.45) is 7.05 Å². The molecule has 8 nitrogen and oxygen atoms in total. The molecule has 0 spiro atoms. The molecule has 0 bridgehead atoms. The molecule has 0 atom stereocenters. The van der Waals surface area contributed by atoms with Gasteiger partial charge in [0.2, 0.25) is 5.88 Å². The third kappa shape index (κ3) is 3.02. The fourth-order valence-electron chi connectivity index (χ4n) is 2.82. The van der Waals surface area contributed by atoms with Gasteiger partial charge in [-0.15, -0.1) is 0 Å². The Hall–Kier alpha value is -3.03. The van der Waals surface area contributed by atoms with Gasteiger partial charge >= 0.3 is 0 Å². The van der Waals surface area contributed by atoms with Crippen molar-refractivity contribution in [2.75, 3.05) is 18.0 Å². The number of aryl methyl sites for hydroxylation is 3. The number of hydrogen-bond acceptors (Lipinski definition) is 7. The monoisotopic (exact) mass is 337 g/mol. The molecule has 1 fully saturated rings. The minimum Gasteiger partial charge on any atom is -0.436 e. The number of rotatable bonds is 4. The van der Waals surface area contributed by atoms with E-state index >= 15 is 0 Å². The predicted molar refractivity (Wildman–Crippen MR) is 91.8 cm³/mol. The Morgan fingerprint density at radius 3 is 2.68 bits per heavy atom. The van der Waals surface area contributed by atoms with Crippen LogP contribution in [0, 0.1) is 13.8 Å². The highest BCUT2D eigenvalue weighted by Gasteiger charge is 2.31. The maximum Gasteiger partial charge on any atom is 0.217 e. The average Bonchev–Trinajstić information content (AvgIpc) is 2.89. The molecule has 4 heterocycles. The molecule has 0 amide bonds. The van der Waals surface area contributed by atoms with Crippen molar-refractivity contribution in [3.63, 3.8) is 0 Å². The summed E-state index contributed by atoms with van der Waals surface area (Å²) in [6.45, 7) is 5.64. The van der Waals surface area contributed by atoms with E-state index in [4.69, 9.17) is 4.74 Å². The van der Waals surface area contributed by atoms with Gasteiger partial charge in [-0.2, -0.15) is 5.10 Å². The fourth-order valence-corrected chi connectivity index (χ4v) is 2.82. The Balaban J connectivity index is 1.46. The van der Waals surface area contributed by atoms with Crippen molar-refractivity contribution >= 4 is 5.82 Å². The van der Waals surface area contributed by atoms with Crippen LogP contribution in [-0.4, -0.2) is 42.8 Å². The van der Waals surface area contributed by atoms with Gasteiger partial charge in [-0.1, -0.05) is 0 Å². The molecule has 3 aromatic heterocycles. The van der Waals surface area contributed by atoms with E-state index < -0.39 is 0 Å². The SMILES string of the molecule is Cc1cc(N2CC(c3cc(Oc4cncnc4C)n(C)n3)C2)ncn1. The number of ether oxygens (including phenoxy) is 1. The van der Waals surface area contributed by atoms with Crippen molar-refractivity contribution in [2.45, 2.75) is 19.8 Å². The molecule has 1 aliphatic heterocycles. The summed E-state index contributed by atoms with van der Waals surface area (Å²) in [6.07, 6.45) is 4.78. The average molecular weight is 337 g/mol. The van der Waals surface area contributed by atoms with Crippen LogP contribution < -0.4 is 9.64 Å². The lowest BCUT2D eigenvalue weighted by Gasteiger charge is -2.39. The first-order valence-corrected chi connectivity index (χ1v) is 8.12. The number of anilines is 1. The Kier molecular flexibility index (Phi) is 3.79. The molecule has 0 aromatic carbocycles. The highest BCUT2D eigenvalue weighted by Crippen LogP contribution is 2.32. The second-order valence-electron chi connectivity index (χ2n) is 6.23. The standard InChI is InChI=1S/C17H19N7O/c1-11-4-16(21-10-19-11)24-7-13(8-24)14-5-17(23(3)22-14)25-15-6-18-9-20-12(15)2/h4-6,9-10,13H,7-8H2,1-3H3. The van der Waals surface area contributed by atoms with Crippen LogP contribution in [0.15, 0.2) is 31.0 Å². The summed E-state index contributed by atoms with van der Waals surface area (Å²) >= 11 is 0. The van der Waals surface area contributed by atoms with Crippen LogP contribution in [0.2, 0.25) is 0 Å². The molecule has 0 unspecified atom stereocenters. The van der Waals surface area contributed by atoms with E-state index in [1.165, 1.54) is 6.33 Å².